The van der Waals surface area contributed by atoms with E-state index in [0.29, 0.717) is 12.5 Å². The summed E-state index contributed by atoms with van der Waals surface area (Å²) in [5, 5.41) is 11.0. The summed E-state index contributed by atoms with van der Waals surface area (Å²) < 4.78 is 36.6. The van der Waals surface area contributed by atoms with Crippen molar-refractivity contribution in [2.24, 2.45) is 12.0 Å². The molecule has 1 heterocycles. The van der Waals surface area contributed by atoms with Crippen LogP contribution in [0.3, 0.4) is 0 Å². The van der Waals surface area contributed by atoms with Crippen LogP contribution in [0.2, 0.25) is 0 Å². The second kappa shape index (κ2) is 10.1. The van der Waals surface area contributed by atoms with Crippen LogP contribution < -0.4 is 20.1 Å². The number of alkyl halides is 2. The predicted octanol–water partition coefficient (Wildman–Crippen LogP) is 2.94. The molecule has 160 valence electrons. The average Bonchev–Trinajstić information content (AvgIpc) is 2.90. The monoisotopic (exact) mass is 409 g/mol. The zero-order chi connectivity index (χ0) is 21.6. The molecule has 0 aliphatic rings. The first-order valence-corrected chi connectivity index (χ1v) is 9.33. The largest absolute Gasteiger partial charge is 0.493 e. The van der Waals surface area contributed by atoms with E-state index in [4.69, 9.17) is 4.74 Å². The van der Waals surface area contributed by atoms with E-state index < -0.39 is 6.61 Å². The molecule has 0 saturated heterocycles. The van der Waals surface area contributed by atoms with Gasteiger partial charge in [-0.3, -0.25) is 9.67 Å². The van der Waals surface area contributed by atoms with Crippen molar-refractivity contribution in [1.29, 1.82) is 0 Å². The molecule has 9 heteroatoms. The molecule has 1 aromatic heterocycles. The molecule has 29 heavy (non-hydrogen) atoms. The van der Waals surface area contributed by atoms with Crippen molar-refractivity contribution in [3.05, 3.63) is 40.7 Å². The van der Waals surface area contributed by atoms with E-state index in [1.54, 1.807) is 19.2 Å². The number of aryl methyl sites for hydroxylation is 2. The van der Waals surface area contributed by atoms with Crippen LogP contribution in [0.1, 0.15) is 29.4 Å². The lowest BCUT2D eigenvalue weighted by atomic mass is 10.1. The van der Waals surface area contributed by atoms with Gasteiger partial charge in [0.15, 0.2) is 17.5 Å². The number of nitrogens with one attached hydrogen (secondary N) is 2. The first-order chi connectivity index (χ1) is 13.7. The van der Waals surface area contributed by atoms with Crippen LogP contribution in [0.4, 0.5) is 8.78 Å². The Balaban J connectivity index is 1.98. The van der Waals surface area contributed by atoms with Crippen LogP contribution >= 0.6 is 0 Å². The highest BCUT2D eigenvalue weighted by Gasteiger charge is 2.15. The summed E-state index contributed by atoms with van der Waals surface area (Å²) in [6.45, 7) is 3.60. The van der Waals surface area contributed by atoms with E-state index in [2.05, 4.69) is 39.3 Å². The number of halogens is 2. The van der Waals surface area contributed by atoms with Gasteiger partial charge in [0.2, 0.25) is 0 Å². The lowest BCUT2D eigenvalue weighted by Gasteiger charge is -2.19. The highest BCUT2D eigenvalue weighted by molar-refractivity contribution is 5.80. The molecule has 0 radical (unpaired) electrons. The third-order valence-corrected chi connectivity index (χ3v) is 4.68. The van der Waals surface area contributed by atoms with Gasteiger partial charge in [-0.1, -0.05) is 6.07 Å². The Labute approximate surface area is 170 Å². The maximum atomic E-state index is 12.6. The van der Waals surface area contributed by atoms with Crippen molar-refractivity contribution < 1.29 is 18.3 Å². The molecular formula is C20H29F2N5O2. The molecule has 2 rings (SSSR count). The van der Waals surface area contributed by atoms with Crippen LogP contribution in [-0.4, -0.2) is 42.6 Å². The van der Waals surface area contributed by atoms with E-state index in [-0.39, 0.29) is 17.5 Å². The molecule has 1 aromatic carbocycles. The SMILES string of the molecule is CN=C(NCc1ccc(OC)c(OC(F)F)c1)NC(C)Cc1c(C)nn(C)c1C. The molecule has 2 N–H and O–H groups in total. The Morgan fingerprint density at radius 3 is 2.55 bits per heavy atom. The number of rotatable bonds is 8. The standard InChI is InChI=1S/C20H29F2N5O2/c1-12(9-16-13(2)26-27(5)14(16)3)25-20(23-4)24-11-15-7-8-17(28-6)18(10-15)29-19(21)22/h7-8,10,12,19H,9,11H2,1-6H3,(H2,23,24,25). The fourth-order valence-electron chi connectivity index (χ4n) is 3.10. The van der Waals surface area contributed by atoms with Gasteiger partial charge in [-0.15, -0.1) is 0 Å². The number of aliphatic imine (C=N–C) groups is 1. The topological polar surface area (TPSA) is 72.7 Å². The van der Waals surface area contributed by atoms with Crippen molar-refractivity contribution in [2.75, 3.05) is 14.2 Å². The number of guanidine groups is 1. The summed E-state index contributed by atoms with van der Waals surface area (Å²) >= 11 is 0. The first-order valence-electron chi connectivity index (χ1n) is 9.33. The molecular weight excluding hydrogens is 380 g/mol. The maximum Gasteiger partial charge on any atom is 0.387 e. The zero-order valence-electron chi connectivity index (χ0n) is 17.7. The minimum absolute atomic E-state index is 0.000595. The molecule has 0 spiro atoms. The van der Waals surface area contributed by atoms with Crippen molar-refractivity contribution in [3.8, 4) is 11.5 Å². The fourth-order valence-corrected chi connectivity index (χ4v) is 3.10. The van der Waals surface area contributed by atoms with E-state index in [1.807, 2.05) is 18.7 Å². The third kappa shape index (κ3) is 6.07. The molecule has 0 aliphatic heterocycles. The van der Waals surface area contributed by atoms with Gasteiger partial charge in [-0.25, -0.2) is 0 Å². The number of methoxy groups -OCH3 is 1. The van der Waals surface area contributed by atoms with Gasteiger partial charge in [0, 0.05) is 32.4 Å². The smallest absolute Gasteiger partial charge is 0.387 e. The van der Waals surface area contributed by atoms with Crippen LogP contribution in [0.15, 0.2) is 23.2 Å². The van der Waals surface area contributed by atoms with Crippen LogP contribution in [0, 0.1) is 13.8 Å². The lowest BCUT2D eigenvalue weighted by molar-refractivity contribution is -0.0512. The van der Waals surface area contributed by atoms with Gasteiger partial charge >= 0.3 is 6.61 Å². The second-order valence-corrected chi connectivity index (χ2v) is 6.81. The molecule has 2 aromatic rings. The Morgan fingerprint density at radius 1 is 1.28 bits per heavy atom. The fraction of sp³-hybridized carbons (Fsp3) is 0.500. The van der Waals surface area contributed by atoms with E-state index >= 15 is 0 Å². The highest BCUT2D eigenvalue weighted by atomic mass is 19.3. The van der Waals surface area contributed by atoms with Crippen LogP contribution in [-0.2, 0) is 20.0 Å². The number of ether oxygens (including phenoxy) is 2. The predicted molar refractivity (Wildman–Crippen MR) is 109 cm³/mol. The summed E-state index contributed by atoms with van der Waals surface area (Å²) in [7, 11) is 5.03. The molecule has 1 atom stereocenters. The maximum absolute atomic E-state index is 12.6. The minimum atomic E-state index is -2.92. The number of benzene rings is 1. The van der Waals surface area contributed by atoms with E-state index in [0.717, 1.165) is 23.4 Å². The van der Waals surface area contributed by atoms with Crippen molar-refractivity contribution in [2.45, 2.75) is 46.4 Å². The Bertz CT molecular complexity index is 852. The normalized spacial score (nSPS) is 12.8. The summed E-state index contributed by atoms with van der Waals surface area (Å²) in [4.78, 5) is 4.24. The minimum Gasteiger partial charge on any atom is -0.493 e. The Morgan fingerprint density at radius 2 is 2.00 bits per heavy atom. The van der Waals surface area contributed by atoms with Gasteiger partial charge in [-0.05, 0) is 50.5 Å². The van der Waals surface area contributed by atoms with Gasteiger partial charge in [0.25, 0.3) is 0 Å². The Hall–Kier alpha value is -2.84. The summed E-state index contributed by atoms with van der Waals surface area (Å²) in [5.74, 6) is 0.872. The van der Waals surface area contributed by atoms with Gasteiger partial charge in [0.05, 0.1) is 12.8 Å². The summed E-state index contributed by atoms with van der Waals surface area (Å²) in [5.41, 5.74) is 4.14. The van der Waals surface area contributed by atoms with Crippen molar-refractivity contribution in [3.63, 3.8) is 0 Å². The van der Waals surface area contributed by atoms with Crippen LogP contribution in [0.5, 0.6) is 11.5 Å². The highest BCUT2D eigenvalue weighted by Crippen LogP contribution is 2.29. The number of nitrogens with zero attached hydrogens (tertiary/aromatic N) is 3. The number of aromatic nitrogens is 2. The quantitative estimate of drug-likeness (QED) is 0.518. The first kappa shape index (κ1) is 22.4. The van der Waals surface area contributed by atoms with Gasteiger partial charge in [0.1, 0.15) is 0 Å². The van der Waals surface area contributed by atoms with Crippen molar-refractivity contribution in [1.82, 2.24) is 20.4 Å². The molecule has 0 amide bonds. The summed E-state index contributed by atoms with van der Waals surface area (Å²) in [6.07, 6.45) is 0.807. The van der Waals surface area contributed by atoms with Gasteiger partial charge < -0.3 is 20.1 Å². The molecule has 7 nitrogen and oxygen atoms in total. The Kier molecular flexibility index (Phi) is 7.81. The molecule has 1 unspecified atom stereocenters. The molecule has 0 aliphatic carbocycles. The summed E-state index contributed by atoms with van der Waals surface area (Å²) in [6, 6.07) is 5.03. The zero-order valence-corrected chi connectivity index (χ0v) is 17.7. The molecule has 0 bridgehead atoms. The van der Waals surface area contributed by atoms with E-state index in [9.17, 15) is 8.78 Å². The number of hydrogen-bond acceptors (Lipinski definition) is 4. The lowest BCUT2D eigenvalue weighted by Crippen LogP contribution is -2.42. The van der Waals surface area contributed by atoms with Crippen LogP contribution in [0.25, 0.3) is 0 Å². The number of hydrogen-bond donors (Lipinski definition) is 2. The van der Waals surface area contributed by atoms with E-state index in [1.165, 1.54) is 18.7 Å². The van der Waals surface area contributed by atoms with Crippen molar-refractivity contribution >= 4 is 5.96 Å². The van der Waals surface area contributed by atoms with Gasteiger partial charge in [-0.2, -0.15) is 13.9 Å². The molecule has 0 fully saturated rings. The molecule has 0 saturated carbocycles. The third-order valence-electron chi connectivity index (χ3n) is 4.68. The second-order valence-electron chi connectivity index (χ2n) is 6.81. The average molecular weight is 409 g/mol.